The summed E-state index contributed by atoms with van der Waals surface area (Å²) in [6, 6.07) is 0.732. The van der Waals surface area contributed by atoms with Crippen LogP contribution in [0.3, 0.4) is 0 Å². The third-order valence-electron chi connectivity index (χ3n) is 2.79. The van der Waals surface area contributed by atoms with Crippen molar-refractivity contribution >= 4 is 0 Å². The normalized spacial score (nSPS) is 32.2. The topological polar surface area (TPSA) is 24.5 Å². The van der Waals surface area contributed by atoms with E-state index in [-0.39, 0.29) is 0 Å². The van der Waals surface area contributed by atoms with Gasteiger partial charge in [-0.05, 0) is 20.0 Å². The van der Waals surface area contributed by atoms with E-state index >= 15 is 0 Å². The van der Waals surface area contributed by atoms with Crippen LogP contribution in [0.5, 0.6) is 0 Å². The molecule has 0 bridgehead atoms. The van der Waals surface area contributed by atoms with Crippen LogP contribution in [0.2, 0.25) is 0 Å². The Kier molecular flexibility index (Phi) is 2.63. The second-order valence-corrected chi connectivity index (χ2v) is 4.06. The maximum atomic E-state index is 5.12. The molecule has 3 nitrogen and oxygen atoms in total. The smallest absolute Gasteiger partial charge is 0.0528 e. The highest BCUT2D eigenvalue weighted by Gasteiger charge is 2.22. The molecule has 2 aliphatic heterocycles. The molecule has 2 aliphatic rings. The van der Waals surface area contributed by atoms with Gasteiger partial charge in [-0.25, -0.2) is 0 Å². The lowest BCUT2D eigenvalue weighted by Crippen LogP contribution is -2.41. The van der Waals surface area contributed by atoms with E-state index < -0.39 is 0 Å². The molecule has 2 fully saturated rings. The molecule has 2 saturated heterocycles. The zero-order chi connectivity index (χ0) is 8.39. The summed E-state index contributed by atoms with van der Waals surface area (Å²) in [7, 11) is 2.19. The third-order valence-corrected chi connectivity index (χ3v) is 2.79. The van der Waals surface area contributed by atoms with Gasteiger partial charge in [0, 0.05) is 25.0 Å². The van der Waals surface area contributed by atoms with E-state index in [0.717, 1.165) is 31.7 Å². The Labute approximate surface area is 74.1 Å². The fourth-order valence-corrected chi connectivity index (χ4v) is 1.84. The summed E-state index contributed by atoms with van der Waals surface area (Å²) in [6.45, 7) is 5.55. The number of rotatable bonds is 3. The van der Waals surface area contributed by atoms with Crippen LogP contribution in [0, 0.1) is 5.92 Å². The summed E-state index contributed by atoms with van der Waals surface area (Å²) < 4.78 is 5.12. The summed E-state index contributed by atoms with van der Waals surface area (Å²) in [5.74, 6) is 0.788. The summed E-state index contributed by atoms with van der Waals surface area (Å²) >= 11 is 0. The second kappa shape index (κ2) is 3.73. The fraction of sp³-hybridized carbons (Fsp3) is 1.00. The SMILES string of the molecule is CN1CCC(NCC2COC2)C1. The molecular formula is C9H18N2O. The minimum atomic E-state index is 0.732. The molecule has 0 aliphatic carbocycles. The first-order valence-corrected chi connectivity index (χ1v) is 4.84. The lowest BCUT2D eigenvalue weighted by Gasteiger charge is -2.27. The number of likely N-dealkylation sites (N-methyl/N-ethyl adjacent to an activating group) is 1. The monoisotopic (exact) mass is 170 g/mol. The van der Waals surface area contributed by atoms with E-state index in [1.54, 1.807) is 0 Å². The minimum absolute atomic E-state index is 0.732. The molecule has 0 aromatic carbocycles. The number of likely N-dealkylation sites (tertiary alicyclic amines) is 1. The zero-order valence-electron chi connectivity index (χ0n) is 7.75. The Bertz CT molecular complexity index is 147. The third kappa shape index (κ3) is 1.97. The van der Waals surface area contributed by atoms with E-state index in [4.69, 9.17) is 4.74 Å². The van der Waals surface area contributed by atoms with Crippen molar-refractivity contribution in [2.45, 2.75) is 12.5 Å². The maximum absolute atomic E-state index is 5.12. The van der Waals surface area contributed by atoms with Gasteiger partial charge < -0.3 is 15.0 Å². The van der Waals surface area contributed by atoms with Gasteiger partial charge in [-0.15, -0.1) is 0 Å². The molecule has 2 heterocycles. The molecule has 1 N–H and O–H groups in total. The van der Waals surface area contributed by atoms with Gasteiger partial charge in [0.1, 0.15) is 0 Å². The van der Waals surface area contributed by atoms with E-state index in [1.807, 2.05) is 0 Å². The summed E-state index contributed by atoms with van der Waals surface area (Å²) in [6.07, 6.45) is 1.31. The summed E-state index contributed by atoms with van der Waals surface area (Å²) in [5, 5.41) is 3.59. The summed E-state index contributed by atoms with van der Waals surface area (Å²) in [4.78, 5) is 2.38. The molecular weight excluding hydrogens is 152 g/mol. The molecule has 12 heavy (non-hydrogen) atoms. The van der Waals surface area contributed by atoms with Crippen LogP contribution in [0.1, 0.15) is 6.42 Å². The number of nitrogens with zero attached hydrogens (tertiary/aromatic N) is 1. The van der Waals surface area contributed by atoms with Gasteiger partial charge in [-0.3, -0.25) is 0 Å². The van der Waals surface area contributed by atoms with Crippen LogP contribution in [0.4, 0.5) is 0 Å². The number of hydrogen-bond donors (Lipinski definition) is 1. The van der Waals surface area contributed by atoms with Crippen LogP contribution >= 0.6 is 0 Å². The number of nitrogens with one attached hydrogen (secondary N) is 1. The standard InChI is InChI=1S/C9H18N2O/c1-11-3-2-9(5-11)10-4-8-6-12-7-8/h8-10H,2-7H2,1H3. The van der Waals surface area contributed by atoms with E-state index in [9.17, 15) is 0 Å². The van der Waals surface area contributed by atoms with Gasteiger partial charge in [-0.2, -0.15) is 0 Å². The van der Waals surface area contributed by atoms with Crippen molar-refractivity contribution < 1.29 is 4.74 Å². The van der Waals surface area contributed by atoms with Crippen LogP contribution < -0.4 is 5.32 Å². The number of ether oxygens (including phenoxy) is 1. The predicted molar refractivity (Wildman–Crippen MR) is 48.2 cm³/mol. The van der Waals surface area contributed by atoms with Gasteiger partial charge >= 0.3 is 0 Å². The van der Waals surface area contributed by atoms with Gasteiger partial charge in [-0.1, -0.05) is 0 Å². The number of hydrogen-bond acceptors (Lipinski definition) is 3. The largest absolute Gasteiger partial charge is 0.381 e. The quantitative estimate of drug-likeness (QED) is 0.641. The Balaban J connectivity index is 1.60. The summed E-state index contributed by atoms with van der Waals surface area (Å²) in [5.41, 5.74) is 0. The van der Waals surface area contributed by atoms with Crippen LogP contribution in [0.25, 0.3) is 0 Å². The minimum Gasteiger partial charge on any atom is -0.381 e. The van der Waals surface area contributed by atoms with E-state index in [2.05, 4.69) is 17.3 Å². The van der Waals surface area contributed by atoms with Crippen molar-refractivity contribution in [3.8, 4) is 0 Å². The Morgan fingerprint density at radius 1 is 1.50 bits per heavy atom. The van der Waals surface area contributed by atoms with E-state index in [0.29, 0.717) is 0 Å². The van der Waals surface area contributed by atoms with Gasteiger partial charge in [0.15, 0.2) is 0 Å². The average molecular weight is 170 g/mol. The van der Waals surface area contributed by atoms with Crippen LogP contribution in [0.15, 0.2) is 0 Å². The average Bonchev–Trinajstić information content (AvgIpc) is 2.32. The molecule has 0 aromatic rings. The molecule has 0 amide bonds. The molecule has 2 rings (SSSR count). The molecule has 1 atom stereocenters. The van der Waals surface area contributed by atoms with Gasteiger partial charge in [0.2, 0.25) is 0 Å². The maximum Gasteiger partial charge on any atom is 0.0528 e. The lowest BCUT2D eigenvalue weighted by molar-refractivity contribution is -0.0315. The van der Waals surface area contributed by atoms with Crippen molar-refractivity contribution in [3.05, 3.63) is 0 Å². The first kappa shape index (κ1) is 8.48. The van der Waals surface area contributed by atoms with E-state index in [1.165, 1.54) is 19.5 Å². The van der Waals surface area contributed by atoms with Crippen molar-refractivity contribution in [1.29, 1.82) is 0 Å². The lowest BCUT2D eigenvalue weighted by atomic mass is 10.1. The Morgan fingerprint density at radius 2 is 2.33 bits per heavy atom. The first-order valence-electron chi connectivity index (χ1n) is 4.84. The highest BCUT2D eigenvalue weighted by Crippen LogP contribution is 2.10. The van der Waals surface area contributed by atoms with Crippen LogP contribution in [-0.4, -0.2) is 50.8 Å². The molecule has 0 aromatic heterocycles. The van der Waals surface area contributed by atoms with Gasteiger partial charge in [0.25, 0.3) is 0 Å². The van der Waals surface area contributed by atoms with Crippen molar-refractivity contribution in [1.82, 2.24) is 10.2 Å². The molecule has 0 radical (unpaired) electrons. The van der Waals surface area contributed by atoms with Crippen molar-refractivity contribution in [2.24, 2.45) is 5.92 Å². The second-order valence-electron chi connectivity index (χ2n) is 4.06. The molecule has 70 valence electrons. The molecule has 1 unspecified atom stereocenters. The zero-order valence-corrected chi connectivity index (χ0v) is 7.75. The Morgan fingerprint density at radius 3 is 2.83 bits per heavy atom. The molecule has 3 heteroatoms. The van der Waals surface area contributed by atoms with Gasteiger partial charge in [0.05, 0.1) is 13.2 Å². The Hall–Kier alpha value is -0.120. The highest BCUT2D eigenvalue weighted by molar-refractivity contribution is 4.80. The first-order chi connectivity index (χ1) is 5.84. The van der Waals surface area contributed by atoms with Crippen molar-refractivity contribution in [2.75, 3.05) is 39.9 Å². The predicted octanol–water partition coefficient (Wildman–Crippen LogP) is -0.0735. The van der Waals surface area contributed by atoms with Crippen molar-refractivity contribution in [3.63, 3.8) is 0 Å². The van der Waals surface area contributed by atoms with Crippen LogP contribution in [-0.2, 0) is 4.74 Å². The fourth-order valence-electron chi connectivity index (χ4n) is 1.84. The molecule has 0 spiro atoms. The molecule has 0 saturated carbocycles. The highest BCUT2D eigenvalue weighted by atomic mass is 16.5.